The second-order valence-electron chi connectivity index (χ2n) is 2.95. The summed E-state index contributed by atoms with van der Waals surface area (Å²) in [6.45, 7) is 0. The number of hydrogen-bond acceptors (Lipinski definition) is 4. The van der Waals surface area contributed by atoms with Crippen molar-refractivity contribution in [2.24, 2.45) is 0 Å². The van der Waals surface area contributed by atoms with Crippen molar-refractivity contribution in [3.63, 3.8) is 0 Å². The molecule has 0 bridgehead atoms. The number of pyridine rings is 1. The Kier molecular flexibility index (Phi) is 2.24. The molecule has 0 radical (unpaired) electrons. The third-order valence-corrected chi connectivity index (χ3v) is 2.25. The van der Waals surface area contributed by atoms with Crippen LogP contribution in [-0.4, -0.2) is 22.5 Å². The lowest BCUT2D eigenvalue weighted by atomic mass is 10.3. The minimum Gasteiger partial charge on any atom is -0.465 e. The molecule has 0 amide bonds. The molecule has 15 heavy (non-hydrogen) atoms. The van der Waals surface area contributed by atoms with Crippen molar-refractivity contribution in [1.29, 1.82) is 0 Å². The van der Waals surface area contributed by atoms with Crippen LogP contribution in [0.5, 0.6) is 0 Å². The molecule has 6 heteroatoms. The van der Waals surface area contributed by atoms with Gasteiger partial charge in [-0.3, -0.25) is 4.40 Å². The Morgan fingerprint density at radius 2 is 2.33 bits per heavy atom. The summed E-state index contributed by atoms with van der Waals surface area (Å²) in [5, 5.41) is 0.358. The summed E-state index contributed by atoms with van der Waals surface area (Å²) in [4.78, 5) is 15.3. The van der Waals surface area contributed by atoms with Gasteiger partial charge >= 0.3 is 5.97 Å². The largest absolute Gasteiger partial charge is 0.465 e. The fourth-order valence-corrected chi connectivity index (χ4v) is 1.55. The van der Waals surface area contributed by atoms with Crippen LogP contribution >= 0.6 is 11.6 Å². The van der Waals surface area contributed by atoms with Crippen molar-refractivity contribution >= 4 is 29.0 Å². The van der Waals surface area contributed by atoms with Crippen LogP contribution in [0.2, 0.25) is 5.15 Å². The van der Waals surface area contributed by atoms with Crippen molar-refractivity contribution < 1.29 is 9.53 Å². The van der Waals surface area contributed by atoms with Gasteiger partial charge in [0.1, 0.15) is 16.6 Å². The lowest BCUT2D eigenvalue weighted by Crippen LogP contribution is -2.02. The van der Waals surface area contributed by atoms with E-state index in [4.69, 9.17) is 17.3 Å². The molecule has 0 saturated heterocycles. The van der Waals surface area contributed by atoms with Gasteiger partial charge in [-0.15, -0.1) is 0 Å². The van der Waals surface area contributed by atoms with Crippen molar-refractivity contribution in [3.8, 4) is 0 Å². The van der Waals surface area contributed by atoms with Gasteiger partial charge in [0.2, 0.25) is 0 Å². The maximum atomic E-state index is 11.3. The second-order valence-corrected chi connectivity index (χ2v) is 3.34. The normalized spacial score (nSPS) is 10.5. The molecule has 0 aliphatic heterocycles. The molecular weight excluding hydrogens is 218 g/mol. The number of rotatable bonds is 1. The van der Waals surface area contributed by atoms with E-state index in [1.54, 1.807) is 16.7 Å². The first-order valence-electron chi connectivity index (χ1n) is 4.14. The molecule has 2 N–H and O–H groups in total. The molecule has 0 aromatic carbocycles. The Morgan fingerprint density at radius 1 is 1.60 bits per heavy atom. The standard InChI is InChI=1S/C9H8ClN3O2/c1-15-9(14)5-2-6(10)13-4-7(11)12-8(13)3-5/h2-4H,11H2,1H3. The molecule has 5 nitrogen and oxygen atoms in total. The lowest BCUT2D eigenvalue weighted by molar-refractivity contribution is 0.0600. The van der Waals surface area contributed by atoms with Gasteiger partial charge in [0, 0.05) is 0 Å². The van der Waals surface area contributed by atoms with Crippen molar-refractivity contribution in [1.82, 2.24) is 9.38 Å². The zero-order valence-electron chi connectivity index (χ0n) is 7.90. The Labute approximate surface area is 90.4 Å². The summed E-state index contributed by atoms with van der Waals surface area (Å²) in [6, 6.07) is 3.07. The third kappa shape index (κ3) is 1.61. The number of methoxy groups -OCH3 is 1. The first-order valence-corrected chi connectivity index (χ1v) is 4.52. The van der Waals surface area contributed by atoms with Crippen LogP contribution in [0.3, 0.4) is 0 Å². The van der Waals surface area contributed by atoms with Crippen LogP contribution in [0.25, 0.3) is 5.65 Å². The molecule has 2 aromatic rings. The molecule has 0 saturated carbocycles. The van der Waals surface area contributed by atoms with Crippen molar-refractivity contribution in [3.05, 3.63) is 29.0 Å². The van der Waals surface area contributed by atoms with Gasteiger partial charge in [0.15, 0.2) is 0 Å². The number of anilines is 1. The van der Waals surface area contributed by atoms with E-state index in [-0.39, 0.29) is 0 Å². The van der Waals surface area contributed by atoms with Gasteiger partial charge in [0.05, 0.1) is 18.9 Å². The second kappa shape index (κ2) is 3.43. The minimum absolute atomic E-state index is 0.346. The number of ether oxygens (including phenoxy) is 1. The third-order valence-electron chi connectivity index (χ3n) is 1.96. The smallest absolute Gasteiger partial charge is 0.338 e. The van der Waals surface area contributed by atoms with Crippen LogP contribution < -0.4 is 5.73 Å². The molecule has 0 atom stereocenters. The quantitative estimate of drug-likeness (QED) is 0.588. The van der Waals surface area contributed by atoms with Crippen LogP contribution in [-0.2, 0) is 4.74 Å². The molecule has 0 spiro atoms. The van der Waals surface area contributed by atoms with Crippen molar-refractivity contribution in [2.45, 2.75) is 0 Å². The lowest BCUT2D eigenvalue weighted by Gasteiger charge is -2.01. The highest BCUT2D eigenvalue weighted by Crippen LogP contribution is 2.18. The van der Waals surface area contributed by atoms with E-state index in [0.717, 1.165) is 0 Å². The molecule has 0 aliphatic carbocycles. The molecule has 78 valence electrons. The highest BCUT2D eigenvalue weighted by Gasteiger charge is 2.10. The number of hydrogen-bond donors (Lipinski definition) is 1. The number of nitrogen functional groups attached to an aromatic ring is 1. The van der Waals surface area contributed by atoms with Crippen LogP contribution in [0.15, 0.2) is 18.3 Å². The number of nitrogens with zero attached hydrogens (tertiary/aromatic N) is 2. The maximum Gasteiger partial charge on any atom is 0.338 e. The van der Waals surface area contributed by atoms with E-state index in [9.17, 15) is 4.79 Å². The minimum atomic E-state index is -0.457. The summed E-state index contributed by atoms with van der Waals surface area (Å²) >= 11 is 5.94. The van der Waals surface area contributed by atoms with Gasteiger partial charge in [-0.25, -0.2) is 9.78 Å². The van der Waals surface area contributed by atoms with Gasteiger partial charge in [0.25, 0.3) is 0 Å². The number of carbonyl (C=O) groups is 1. The van der Waals surface area contributed by atoms with E-state index in [0.29, 0.717) is 22.2 Å². The summed E-state index contributed by atoms with van der Waals surface area (Å²) in [6.07, 6.45) is 1.58. The molecular formula is C9H8ClN3O2. The first kappa shape index (κ1) is 9.79. The number of esters is 1. The maximum absolute atomic E-state index is 11.3. The Balaban J connectivity index is 2.66. The average molecular weight is 226 g/mol. The summed E-state index contributed by atoms with van der Waals surface area (Å²) in [5.74, 6) is -0.111. The van der Waals surface area contributed by atoms with Gasteiger partial charge in [-0.2, -0.15) is 0 Å². The molecule has 2 aromatic heterocycles. The van der Waals surface area contributed by atoms with E-state index >= 15 is 0 Å². The predicted octanol–water partition coefficient (Wildman–Crippen LogP) is 1.36. The van der Waals surface area contributed by atoms with E-state index in [2.05, 4.69) is 9.72 Å². The molecule has 0 fully saturated rings. The molecule has 2 rings (SSSR count). The average Bonchev–Trinajstić information content (AvgIpc) is 2.58. The Morgan fingerprint density at radius 3 is 3.00 bits per heavy atom. The number of fused-ring (bicyclic) bond motifs is 1. The highest BCUT2D eigenvalue weighted by molar-refractivity contribution is 6.30. The number of aromatic nitrogens is 2. The zero-order valence-corrected chi connectivity index (χ0v) is 8.65. The Hall–Kier alpha value is -1.75. The van der Waals surface area contributed by atoms with Crippen LogP contribution in [0.4, 0.5) is 5.82 Å². The summed E-state index contributed by atoms with van der Waals surface area (Å²) < 4.78 is 6.17. The van der Waals surface area contributed by atoms with Gasteiger partial charge in [-0.1, -0.05) is 11.6 Å². The Bertz CT molecular complexity index is 535. The van der Waals surface area contributed by atoms with Crippen molar-refractivity contribution in [2.75, 3.05) is 12.8 Å². The topological polar surface area (TPSA) is 69.6 Å². The number of nitrogens with two attached hydrogens (primary N) is 1. The number of imidazole rings is 1. The van der Waals surface area contributed by atoms with E-state index < -0.39 is 5.97 Å². The highest BCUT2D eigenvalue weighted by atomic mass is 35.5. The monoisotopic (exact) mass is 225 g/mol. The van der Waals surface area contributed by atoms with Crippen LogP contribution in [0.1, 0.15) is 10.4 Å². The predicted molar refractivity (Wildman–Crippen MR) is 56.0 cm³/mol. The first-order chi connectivity index (χ1) is 7.11. The molecule has 2 heterocycles. The zero-order chi connectivity index (χ0) is 11.0. The fraction of sp³-hybridized carbons (Fsp3) is 0.111. The van der Waals surface area contributed by atoms with Gasteiger partial charge in [-0.05, 0) is 12.1 Å². The number of carbonyl (C=O) groups excluding carboxylic acids is 1. The van der Waals surface area contributed by atoms with Crippen LogP contribution in [0, 0.1) is 0 Å². The summed E-state index contributed by atoms with van der Waals surface area (Å²) in [5.41, 5.74) is 6.37. The number of halogens is 1. The molecule has 0 aliphatic rings. The summed E-state index contributed by atoms with van der Waals surface area (Å²) in [7, 11) is 1.31. The van der Waals surface area contributed by atoms with Gasteiger partial charge < -0.3 is 10.5 Å². The molecule has 0 unspecified atom stereocenters. The fourth-order valence-electron chi connectivity index (χ4n) is 1.30. The van der Waals surface area contributed by atoms with E-state index in [1.165, 1.54) is 13.2 Å². The van der Waals surface area contributed by atoms with E-state index in [1.807, 2.05) is 0 Å². The SMILES string of the molecule is COC(=O)c1cc(Cl)n2cc(N)nc2c1.